The van der Waals surface area contributed by atoms with Gasteiger partial charge in [-0.3, -0.25) is 4.79 Å². The zero-order chi connectivity index (χ0) is 21.0. The highest BCUT2D eigenvalue weighted by atomic mass is 16.7. The molecule has 0 saturated heterocycles. The molecule has 2 aliphatic rings. The molecule has 0 radical (unpaired) electrons. The maximum atomic E-state index is 12.4. The van der Waals surface area contributed by atoms with Crippen molar-refractivity contribution in [3.05, 3.63) is 60.5 Å². The summed E-state index contributed by atoms with van der Waals surface area (Å²) in [6.45, 7) is 0.545. The number of ether oxygens (including phenoxy) is 2. The molecule has 158 valence electrons. The monoisotopic (exact) mass is 418 g/mol. The minimum Gasteiger partial charge on any atom is -0.454 e. The molecule has 0 spiro atoms. The summed E-state index contributed by atoms with van der Waals surface area (Å²) >= 11 is 0. The fraction of sp³-hybridized carbons (Fsp3) is 0.261. The summed E-state index contributed by atoms with van der Waals surface area (Å²) in [5.74, 6) is 2.62. The van der Waals surface area contributed by atoms with E-state index in [-0.39, 0.29) is 12.7 Å². The predicted molar refractivity (Wildman–Crippen MR) is 115 cm³/mol. The molecule has 8 nitrogen and oxygen atoms in total. The molecular formula is C23H22N4O4. The third-order valence-electron chi connectivity index (χ3n) is 5.29. The van der Waals surface area contributed by atoms with Gasteiger partial charge in [-0.25, -0.2) is 0 Å². The van der Waals surface area contributed by atoms with Crippen LogP contribution in [0.25, 0.3) is 11.4 Å². The highest BCUT2D eigenvalue weighted by Gasteiger charge is 2.17. The summed E-state index contributed by atoms with van der Waals surface area (Å²) in [5, 5.41) is 10.3. The van der Waals surface area contributed by atoms with Crippen LogP contribution in [0.2, 0.25) is 0 Å². The molecule has 3 aromatic rings. The van der Waals surface area contributed by atoms with Crippen LogP contribution < -0.4 is 20.1 Å². The van der Waals surface area contributed by atoms with Crippen molar-refractivity contribution in [2.75, 3.05) is 17.4 Å². The lowest BCUT2D eigenvalue weighted by atomic mass is 10.0. The first kappa shape index (κ1) is 19.2. The van der Waals surface area contributed by atoms with Gasteiger partial charge in [0.05, 0.1) is 17.9 Å². The topological polar surface area (TPSA) is 98.5 Å². The molecule has 8 heteroatoms. The van der Waals surface area contributed by atoms with Crippen molar-refractivity contribution in [3.63, 3.8) is 0 Å². The van der Waals surface area contributed by atoms with Crippen molar-refractivity contribution in [2.24, 2.45) is 5.92 Å². The Morgan fingerprint density at radius 1 is 1.10 bits per heavy atom. The summed E-state index contributed by atoms with van der Waals surface area (Å²) in [6, 6.07) is 13.1. The van der Waals surface area contributed by atoms with E-state index in [9.17, 15) is 4.79 Å². The van der Waals surface area contributed by atoms with E-state index in [1.807, 2.05) is 42.5 Å². The van der Waals surface area contributed by atoms with Gasteiger partial charge in [0.2, 0.25) is 24.4 Å². The lowest BCUT2D eigenvalue weighted by Gasteiger charge is -2.13. The standard InChI is InChI=1S/C23H22N4O4/c28-21(11-15-5-1-2-6-15)25-18-8-4-3-7-17(18)24-13-22-26-23(27-31-22)16-9-10-19-20(12-16)30-14-29-19/h1,3-5,7-10,12,15,24H,2,6,11,13-14H2,(H,25,28). The van der Waals surface area contributed by atoms with Gasteiger partial charge in [0.1, 0.15) is 0 Å². The number of nitrogens with zero attached hydrogens (tertiary/aromatic N) is 2. The third-order valence-corrected chi connectivity index (χ3v) is 5.29. The van der Waals surface area contributed by atoms with E-state index in [0.29, 0.717) is 42.1 Å². The zero-order valence-electron chi connectivity index (χ0n) is 16.8. The second-order valence-electron chi connectivity index (χ2n) is 7.50. The largest absolute Gasteiger partial charge is 0.454 e. The van der Waals surface area contributed by atoms with Crippen LogP contribution in [-0.2, 0) is 11.3 Å². The Hall–Kier alpha value is -3.81. The number of amides is 1. The maximum absolute atomic E-state index is 12.4. The van der Waals surface area contributed by atoms with Crippen molar-refractivity contribution in [2.45, 2.75) is 25.8 Å². The van der Waals surface area contributed by atoms with E-state index >= 15 is 0 Å². The smallest absolute Gasteiger partial charge is 0.246 e. The van der Waals surface area contributed by atoms with E-state index in [2.05, 4.69) is 32.9 Å². The number of anilines is 2. The van der Waals surface area contributed by atoms with Gasteiger partial charge >= 0.3 is 0 Å². The molecule has 1 amide bonds. The molecular weight excluding hydrogens is 396 g/mol. The number of allylic oxidation sites excluding steroid dienone is 2. The van der Waals surface area contributed by atoms with Gasteiger partial charge in [-0.05, 0) is 49.1 Å². The molecule has 2 heterocycles. The van der Waals surface area contributed by atoms with Gasteiger partial charge in [0.15, 0.2) is 11.5 Å². The van der Waals surface area contributed by atoms with Crippen LogP contribution in [0.1, 0.15) is 25.2 Å². The number of para-hydroxylation sites is 2. The van der Waals surface area contributed by atoms with Gasteiger partial charge in [-0.2, -0.15) is 4.98 Å². The highest BCUT2D eigenvalue weighted by molar-refractivity contribution is 5.94. The van der Waals surface area contributed by atoms with Crippen LogP contribution in [0.5, 0.6) is 11.5 Å². The van der Waals surface area contributed by atoms with E-state index in [1.165, 1.54) is 0 Å². The Bertz CT molecular complexity index is 1120. The fourth-order valence-electron chi connectivity index (χ4n) is 3.70. The average molecular weight is 418 g/mol. The molecule has 2 aromatic carbocycles. The molecule has 0 saturated carbocycles. The van der Waals surface area contributed by atoms with Crippen molar-refractivity contribution < 1.29 is 18.8 Å². The first-order chi connectivity index (χ1) is 15.2. The quantitative estimate of drug-likeness (QED) is 0.550. The summed E-state index contributed by atoms with van der Waals surface area (Å²) in [5.41, 5.74) is 2.30. The van der Waals surface area contributed by atoms with Crippen molar-refractivity contribution in [1.29, 1.82) is 0 Å². The molecule has 1 atom stereocenters. The Balaban J connectivity index is 1.22. The Morgan fingerprint density at radius 3 is 2.84 bits per heavy atom. The second kappa shape index (κ2) is 8.51. The van der Waals surface area contributed by atoms with Gasteiger partial charge in [-0.15, -0.1) is 0 Å². The Morgan fingerprint density at radius 2 is 1.97 bits per heavy atom. The molecule has 1 unspecified atom stereocenters. The van der Waals surface area contributed by atoms with Gasteiger partial charge in [0.25, 0.3) is 0 Å². The number of carbonyl (C=O) groups is 1. The average Bonchev–Trinajstić information content (AvgIpc) is 3.54. The first-order valence-corrected chi connectivity index (χ1v) is 10.3. The van der Waals surface area contributed by atoms with Crippen LogP contribution in [0, 0.1) is 5.92 Å². The summed E-state index contributed by atoms with van der Waals surface area (Å²) in [4.78, 5) is 16.9. The lowest BCUT2D eigenvalue weighted by molar-refractivity contribution is -0.116. The van der Waals surface area contributed by atoms with Crippen LogP contribution >= 0.6 is 0 Å². The number of aromatic nitrogens is 2. The molecule has 1 aliphatic heterocycles. The maximum Gasteiger partial charge on any atom is 0.246 e. The summed E-state index contributed by atoms with van der Waals surface area (Å²) in [6.07, 6.45) is 6.84. The van der Waals surface area contributed by atoms with E-state index < -0.39 is 0 Å². The first-order valence-electron chi connectivity index (χ1n) is 10.3. The van der Waals surface area contributed by atoms with E-state index in [4.69, 9.17) is 14.0 Å². The SMILES string of the molecule is O=C(CC1C=CCC1)Nc1ccccc1NCc1nc(-c2ccc3c(c2)OCO3)no1. The van der Waals surface area contributed by atoms with E-state index in [0.717, 1.165) is 29.8 Å². The number of hydrogen-bond acceptors (Lipinski definition) is 7. The van der Waals surface area contributed by atoms with Crippen LogP contribution in [0.4, 0.5) is 11.4 Å². The third kappa shape index (κ3) is 4.37. The fourth-order valence-corrected chi connectivity index (χ4v) is 3.70. The Kier molecular flexibility index (Phi) is 5.26. The second-order valence-corrected chi connectivity index (χ2v) is 7.50. The molecule has 0 fully saturated rings. The molecule has 1 aliphatic carbocycles. The normalized spacial score (nSPS) is 16.5. The van der Waals surface area contributed by atoms with Gasteiger partial charge in [0, 0.05) is 12.0 Å². The predicted octanol–water partition coefficient (Wildman–Crippen LogP) is 4.37. The molecule has 5 rings (SSSR count). The van der Waals surface area contributed by atoms with Gasteiger partial charge in [-0.1, -0.05) is 29.4 Å². The number of nitrogens with one attached hydrogen (secondary N) is 2. The minimum absolute atomic E-state index is 0.00804. The summed E-state index contributed by atoms with van der Waals surface area (Å²) in [7, 11) is 0. The molecule has 31 heavy (non-hydrogen) atoms. The molecule has 0 bridgehead atoms. The molecule has 1 aromatic heterocycles. The van der Waals surface area contributed by atoms with E-state index in [1.54, 1.807) is 0 Å². The number of benzene rings is 2. The molecule has 2 N–H and O–H groups in total. The Labute approximate surface area is 179 Å². The van der Waals surface area contributed by atoms with Crippen molar-refractivity contribution in [3.8, 4) is 22.9 Å². The number of fused-ring (bicyclic) bond motifs is 1. The van der Waals surface area contributed by atoms with Crippen LogP contribution in [0.15, 0.2) is 59.1 Å². The van der Waals surface area contributed by atoms with Crippen LogP contribution in [0.3, 0.4) is 0 Å². The number of hydrogen-bond donors (Lipinski definition) is 2. The number of rotatable bonds is 7. The van der Waals surface area contributed by atoms with Gasteiger partial charge < -0.3 is 24.6 Å². The van der Waals surface area contributed by atoms with Crippen molar-refractivity contribution >= 4 is 17.3 Å². The minimum atomic E-state index is 0.00804. The van der Waals surface area contributed by atoms with Crippen LogP contribution in [-0.4, -0.2) is 22.8 Å². The lowest BCUT2D eigenvalue weighted by Crippen LogP contribution is -2.16. The summed E-state index contributed by atoms with van der Waals surface area (Å²) < 4.78 is 16.1. The van der Waals surface area contributed by atoms with Crippen molar-refractivity contribution in [1.82, 2.24) is 10.1 Å². The number of carbonyl (C=O) groups excluding carboxylic acids is 1. The highest BCUT2D eigenvalue weighted by Crippen LogP contribution is 2.35. The zero-order valence-corrected chi connectivity index (χ0v) is 16.8.